The molecule has 27 heavy (non-hydrogen) atoms. The van der Waals surface area contributed by atoms with Crippen LogP contribution in [0.25, 0.3) is 5.65 Å². The van der Waals surface area contributed by atoms with E-state index < -0.39 is 27.1 Å². The first-order valence-corrected chi connectivity index (χ1v) is 8.00. The van der Waals surface area contributed by atoms with Gasteiger partial charge in [-0.05, 0) is 24.6 Å². The van der Waals surface area contributed by atoms with E-state index in [9.17, 15) is 25.0 Å². The molecule has 3 rings (SSSR count). The topological polar surface area (TPSA) is 133 Å². The number of nitro benzene ring substituents is 2. The summed E-state index contributed by atoms with van der Waals surface area (Å²) in [5.74, 6) is -0.624. The van der Waals surface area contributed by atoms with Gasteiger partial charge in [-0.3, -0.25) is 25.0 Å². The third-order valence-electron chi connectivity index (χ3n) is 3.92. The van der Waals surface area contributed by atoms with Gasteiger partial charge in [0.05, 0.1) is 27.2 Å². The molecule has 1 N–H and O–H groups in total. The van der Waals surface area contributed by atoms with E-state index in [1.807, 2.05) is 35.9 Å². The molecule has 0 atom stereocenters. The second-order valence-corrected chi connectivity index (χ2v) is 5.96. The number of fused-ring (bicyclic) bond motifs is 1. The van der Waals surface area contributed by atoms with Crippen LogP contribution in [0.15, 0.2) is 42.7 Å². The van der Waals surface area contributed by atoms with E-state index in [0.29, 0.717) is 6.42 Å². The Hall–Kier alpha value is -3.82. The van der Waals surface area contributed by atoms with Crippen LogP contribution in [0.3, 0.4) is 0 Å². The Labute approximate surface area is 152 Å². The van der Waals surface area contributed by atoms with Gasteiger partial charge in [-0.2, -0.15) is 0 Å². The van der Waals surface area contributed by atoms with Gasteiger partial charge in [0.1, 0.15) is 5.65 Å². The monoisotopic (exact) mass is 369 g/mol. The van der Waals surface area contributed by atoms with Crippen LogP contribution in [0.2, 0.25) is 0 Å². The molecule has 0 saturated carbocycles. The number of pyridine rings is 1. The van der Waals surface area contributed by atoms with Crippen molar-refractivity contribution in [3.05, 3.63) is 79.8 Å². The Bertz CT molecular complexity index is 1030. The zero-order valence-corrected chi connectivity index (χ0v) is 14.3. The summed E-state index contributed by atoms with van der Waals surface area (Å²) in [6.45, 7) is 2.20. The molecular formula is C17H15N5O5. The van der Waals surface area contributed by atoms with Gasteiger partial charge in [0.25, 0.3) is 17.3 Å². The second-order valence-electron chi connectivity index (χ2n) is 5.96. The molecule has 0 aliphatic heterocycles. The van der Waals surface area contributed by atoms with Crippen LogP contribution in [0.5, 0.6) is 0 Å². The van der Waals surface area contributed by atoms with Gasteiger partial charge < -0.3 is 9.72 Å². The Morgan fingerprint density at radius 3 is 2.44 bits per heavy atom. The van der Waals surface area contributed by atoms with E-state index in [1.54, 1.807) is 0 Å². The molecule has 2 heterocycles. The molecule has 138 valence electrons. The lowest BCUT2D eigenvalue weighted by Gasteiger charge is -2.04. The number of amides is 1. The number of benzene rings is 1. The summed E-state index contributed by atoms with van der Waals surface area (Å²) in [6, 6.07) is 6.72. The van der Waals surface area contributed by atoms with Crippen LogP contribution in [-0.2, 0) is 6.42 Å². The van der Waals surface area contributed by atoms with E-state index in [4.69, 9.17) is 0 Å². The number of aromatic nitrogens is 2. The maximum Gasteiger partial charge on any atom is 0.277 e. The summed E-state index contributed by atoms with van der Waals surface area (Å²) in [7, 11) is 0. The minimum atomic E-state index is -0.775. The highest BCUT2D eigenvalue weighted by atomic mass is 16.6. The zero-order valence-electron chi connectivity index (χ0n) is 14.3. The van der Waals surface area contributed by atoms with Gasteiger partial charge in [0, 0.05) is 37.5 Å². The van der Waals surface area contributed by atoms with E-state index in [-0.39, 0.29) is 12.1 Å². The minimum absolute atomic E-state index is 0.137. The number of carbonyl (C=O) groups excluding carboxylic acids is 1. The number of rotatable bonds is 6. The van der Waals surface area contributed by atoms with Crippen LogP contribution in [0.1, 0.15) is 21.6 Å². The largest absolute Gasteiger partial charge is 0.352 e. The summed E-state index contributed by atoms with van der Waals surface area (Å²) < 4.78 is 1.87. The predicted molar refractivity (Wildman–Crippen MR) is 95.7 cm³/mol. The fraction of sp³-hybridized carbons (Fsp3) is 0.176. The number of non-ortho nitro benzene ring substituents is 2. The third kappa shape index (κ3) is 4.06. The second kappa shape index (κ2) is 7.20. The normalized spacial score (nSPS) is 10.7. The first-order valence-electron chi connectivity index (χ1n) is 8.00. The van der Waals surface area contributed by atoms with Crippen LogP contribution >= 0.6 is 0 Å². The molecule has 0 unspecified atom stereocenters. The van der Waals surface area contributed by atoms with Crippen molar-refractivity contribution in [3.8, 4) is 0 Å². The molecular weight excluding hydrogens is 354 g/mol. The van der Waals surface area contributed by atoms with Gasteiger partial charge in [-0.15, -0.1) is 0 Å². The third-order valence-corrected chi connectivity index (χ3v) is 3.92. The number of nitrogens with zero attached hydrogens (tertiary/aromatic N) is 4. The van der Waals surface area contributed by atoms with Crippen LogP contribution in [-0.4, -0.2) is 31.7 Å². The molecule has 10 heteroatoms. The van der Waals surface area contributed by atoms with Crippen molar-refractivity contribution in [3.63, 3.8) is 0 Å². The van der Waals surface area contributed by atoms with Gasteiger partial charge in [-0.1, -0.05) is 0 Å². The number of carbonyl (C=O) groups is 1. The molecule has 0 bridgehead atoms. The van der Waals surface area contributed by atoms with Crippen molar-refractivity contribution in [2.24, 2.45) is 0 Å². The van der Waals surface area contributed by atoms with Crippen molar-refractivity contribution in [1.29, 1.82) is 0 Å². The fourth-order valence-electron chi connectivity index (χ4n) is 2.60. The van der Waals surface area contributed by atoms with Crippen molar-refractivity contribution < 1.29 is 14.6 Å². The maximum absolute atomic E-state index is 12.2. The predicted octanol–water partition coefficient (Wildman–Crippen LogP) is 2.43. The average Bonchev–Trinajstić information content (AvgIpc) is 3.02. The quantitative estimate of drug-likeness (QED) is 0.524. The highest BCUT2D eigenvalue weighted by Gasteiger charge is 2.19. The first kappa shape index (κ1) is 18.0. The molecule has 1 aromatic carbocycles. The standard InChI is InChI=1S/C17H15N5O5/c1-11-3-5-20-10-13(19-16(20)6-11)2-4-18-17(23)12-7-14(21(24)25)9-15(8-12)22(26)27/h3,5-10H,2,4H2,1H3,(H,18,23). The number of aryl methyl sites for hydroxylation is 1. The van der Waals surface area contributed by atoms with E-state index in [0.717, 1.165) is 35.1 Å². The maximum atomic E-state index is 12.2. The molecule has 0 radical (unpaired) electrons. The average molecular weight is 369 g/mol. The Morgan fingerprint density at radius 2 is 1.81 bits per heavy atom. The number of imidazole rings is 1. The lowest BCUT2D eigenvalue weighted by atomic mass is 10.1. The van der Waals surface area contributed by atoms with Crippen molar-refractivity contribution in [2.75, 3.05) is 6.54 Å². The molecule has 0 spiro atoms. The summed E-state index contributed by atoms with van der Waals surface area (Å²) in [6.07, 6.45) is 4.19. The van der Waals surface area contributed by atoms with Gasteiger partial charge in [0.2, 0.25) is 0 Å². The Balaban J connectivity index is 1.69. The van der Waals surface area contributed by atoms with Crippen molar-refractivity contribution in [2.45, 2.75) is 13.3 Å². The first-order chi connectivity index (χ1) is 12.8. The van der Waals surface area contributed by atoms with Crippen LogP contribution in [0, 0.1) is 27.2 Å². The summed E-state index contributed by atoms with van der Waals surface area (Å²) in [5, 5.41) is 24.4. The van der Waals surface area contributed by atoms with Gasteiger partial charge >= 0.3 is 0 Å². The number of hydrogen-bond acceptors (Lipinski definition) is 6. The minimum Gasteiger partial charge on any atom is -0.352 e. The van der Waals surface area contributed by atoms with Gasteiger partial charge in [-0.25, -0.2) is 4.98 Å². The smallest absolute Gasteiger partial charge is 0.277 e. The Kier molecular flexibility index (Phi) is 4.79. The van der Waals surface area contributed by atoms with Crippen LogP contribution in [0.4, 0.5) is 11.4 Å². The molecule has 10 nitrogen and oxygen atoms in total. The molecule has 2 aromatic heterocycles. The SMILES string of the molecule is Cc1ccn2cc(CCNC(=O)c3cc([N+](=O)[O-])cc([N+](=O)[O-])c3)nc2c1. The molecule has 0 aliphatic rings. The molecule has 1 amide bonds. The molecule has 0 saturated heterocycles. The lowest BCUT2D eigenvalue weighted by Crippen LogP contribution is -2.25. The molecule has 3 aromatic rings. The number of nitro groups is 2. The lowest BCUT2D eigenvalue weighted by molar-refractivity contribution is -0.394. The van der Waals surface area contributed by atoms with Crippen molar-refractivity contribution >= 4 is 22.9 Å². The summed E-state index contributed by atoms with van der Waals surface area (Å²) in [5.41, 5.74) is 1.49. The zero-order chi connectivity index (χ0) is 19.6. The summed E-state index contributed by atoms with van der Waals surface area (Å²) in [4.78, 5) is 36.9. The Morgan fingerprint density at radius 1 is 1.15 bits per heavy atom. The van der Waals surface area contributed by atoms with E-state index >= 15 is 0 Å². The molecule has 0 aliphatic carbocycles. The number of nitrogens with one attached hydrogen (secondary N) is 1. The van der Waals surface area contributed by atoms with Crippen LogP contribution < -0.4 is 5.32 Å². The highest BCUT2D eigenvalue weighted by molar-refractivity contribution is 5.95. The fourth-order valence-corrected chi connectivity index (χ4v) is 2.60. The highest BCUT2D eigenvalue weighted by Crippen LogP contribution is 2.22. The molecule has 0 fully saturated rings. The summed E-state index contributed by atoms with van der Waals surface area (Å²) >= 11 is 0. The van der Waals surface area contributed by atoms with Gasteiger partial charge in [0.15, 0.2) is 0 Å². The van der Waals surface area contributed by atoms with E-state index in [1.165, 1.54) is 0 Å². The number of hydrogen-bond donors (Lipinski definition) is 1. The van der Waals surface area contributed by atoms with E-state index in [2.05, 4.69) is 10.3 Å². The van der Waals surface area contributed by atoms with Crippen molar-refractivity contribution in [1.82, 2.24) is 14.7 Å².